The molecular weight excluding hydrogens is 334 g/mol. The highest BCUT2D eigenvalue weighted by atomic mass is 32.2. The summed E-state index contributed by atoms with van der Waals surface area (Å²) >= 11 is 1.45. The summed E-state index contributed by atoms with van der Waals surface area (Å²) in [4.78, 5) is 25.1. The predicted molar refractivity (Wildman–Crippen MR) is 99.8 cm³/mol. The molecule has 1 amide bonds. The van der Waals surface area contributed by atoms with Crippen molar-refractivity contribution in [2.45, 2.75) is 37.2 Å². The van der Waals surface area contributed by atoms with Crippen LogP contribution in [0.4, 0.5) is 5.69 Å². The maximum absolute atomic E-state index is 12.1. The Balaban J connectivity index is 1.46. The molecule has 1 atom stereocenters. The van der Waals surface area contributed by atoms with Gasteiger partial charge in [-0.05, 0) is 61.6 Å². The molecule has 1 aliphatic carbocycles. The lowest BCUT2D eigenvalue weighted by Gasteiger charge is -2.13. The number of para-hydroxylation sites is 1. The van der Waals surface area contributed by atoms with Gasteiger partial charge in [0.25, 0.3) is 5.91 Å². The molecule has 0 saturated carbocycles. The second kappa shape index (κ2) is 8.21. The van der Waals surface area contributed by atoms with Crippen LogP contribution in [0.1, 0.15) is 24.5 Å². The highest BCUT2D eigenvalue weighted by Crippen LogP contribution is 2.27. The summed E-state index contributed by atoms with van der Waals surface area (Å²) in [6.45, 7) is 1.58. The van der Waals surface area contributed by atoms with Crippen molar-refractivity contribution in [1.82, 2.24) is 0 Å². The van der Waals surface area contributed by atoms with Gasteiger partial charge >= 0.3 is 5.97 Å². The Morgan fingerprint density at radius 1 is 1.12 bits per heavy atom. The maximum atomic E-state index is 12.1. The van der Waals surface area contributed by atoms with Gasteiger partial charge in [-0.1, -0.05) is 24.3 Å². The molecule has 130 valence electrons. The zero-order valence-corrected chi connectivity index (χ0v) is 15.0. The van der Waals surface area contributed by atoms with Crippen molar-refractivity contribution in [2.24, 2.45) is 0 Å². The average molecular weight is 355 g/mol. The first kappa shape index (κ1) is 17.5. The van der Waals surface area contributed by atoms with Gasteiger partial charge in [-0.3, -0.25) is 9.59 Å². The first-order valence-corrected chi connectivity index (χ1v) is 9.40. The fourth-order valence-corrected chi connectivity index (χ4v) is 3.57. The molecule has 0 spiro atoms. The summed E-state index contributed by atoms with van der Waals surface area (Å²) in [6, 6.07) is 15.5. The first-order chi connectivity index (χ1) is 12.1. The van der Waals surface area contributed by atoms with Crippen LogP contribution in [-0.2, 0) is 27.2 Å². The second-order valence-corrected chi connectivity index (χ2v) is 7.11. The number of rotatable bonds is 6. The van der Waals surface area contributed by atoms with Crippen molar-refractivity contribution in [3.05, 3.63) is 59.7 Å². The first-order valence-electron chi connectivity index (χ1n) is 8.42. The minimum absolute atomic E-state index is 0.196. The Labute approximate surface area is 152 Å². The van der Waals surface area contributed by atoms with Crippen LogP contribution >= 0.6 is 11.8 Å². The van der Waals surface area contributed by atoms with Crippen LogP contribution in [-0.4, -0.2) is 23.7 Å². The van der Waals surface area contributed by atoms with E-state index < -0.39 is 6.10 Å². The van der Waals surface area contributed by atoms with Gasteiger partial charge in [-0.25, -0.2) is 0 Å². The standard InChI is InChI=1S/C20H21NO3S/c1-14(20(23)21-17-8-3-2-4-9-17)24-19(22)13-25-18-11-10-15-6-5-7-16(15)12-18/h2-4,8-12,14H,5-7,13H2,1H3,(H,21,23). The van der Waals surface area contributed by atoms with Gasteiger partial charge in [0.05, 0.1) is 5.75 Å². The van der Waals surface area contributed by atoms with Crippen LogP contribution in [0.25, 0.3) is 0 Å². The summed E-state index contributed by atoms with van der Waals surface area (Å²) < 4.78 is 5.23. The summed E-state index contributed by atoms with van der Waals surface area (Å²) in [6.07, 6.45) is 2.65. The van der Waals surface area contributed by atoms with E-state index in [1.54, 1.807) is 19.1 Å². The number of fused-ring (bicyclic) bond motifs is 1. The lowest BCUT2D eigenvalue weighted by atomic mass is 10.1. The maximum Gasteiger partial charge on any atom is 0.317 e. The van der Waals surface area contributed by atoms with Crippen LogP contribution in [0.5, 0.6) is 0 Å². The third-order valence-corrected chi connectivity index (χ3v) is 5.11. The van der Waals surface area contributed by atoms with Crippen LogP contribution < -0.4 is 5.32 Å². The van der Waals surface area contributed by atoms with Gasteiger partial charge in [0.1, 0.15) is 0 Å². The number of thioether (sulfide) groups is 1. The normalized spacial score (nSPS) is 13.8. The second-order valence-electron chi connectivity index (χ2n) is 6.06. The molecule has 0 saturated heterocycles. The Hall–Kier alpha value is -2.27. The van der Waals surface area contributed by atoms with Gasteiger partial charge in [0.15, 0.2) is 6.10 Å². The summed E-state index contributed by atoms with van der Waals surface area (Å²) in [7, 11) is 0. The minimum atomic E-state index is -0.826. The molecule has 1 unspecified atom stereocenters. The number of anilines is 1. The van der Waals surface area contributed by atoms with Crippen LogP contribution in [0.2, 0.25) is 0 Å². The van der Waals surface area contributed by atoms with Crippen molar-refractivity contribution in [1.29, 1.82) is 0 Å². The molecule has 0 aliphatic heterocycles. The molecule has 4 nitrogen and oxygen atoms in total. The van der Waals surface area contributed by atoms with E-state index in [2.05, 4.69) is 17.4 Å². The third-order valence-electron chi connectivity index (χ3n) is 4.15. The van der Waals surface area contributed by atoms with E-state index in [0.29, 0.717) is 5.69 Å². The average Bonchev–Trinajstić information content (AvgIpc) is 3.08. The molecule has 0 fully saturated rings. The number of esters is 1. The van der Waals surface area contributed by atoms with Crippen LogP contribution in [0.3, 0.4) is 0 Å². The Bertz CT molecular complexity index is 761. The smallest absolute Gasteiger partial charge is 0.317 e. The zero-order valence-electron chi connectivity index (χ0n) is 14.2. The Morgan fingerprint density at radius 2 is 1.88 bits per heavy atom. The summed E-state index contributed by atoms with van der Waals surface area (Å²) in [5.74, 6) is -0.523. The number of carbonyl (C=O) groups is 2. The van der Waals surface area contributed by atoms with Crippen molar-refractivity contribution >= 4 is 29.3 Å². The highest BCUT2D eigenvalue weighted by Gasteiger charge is 2.18. The molecule has 0 bridgehead atoms. The predicted octanol–water partition coefficient (Wildman–Crippen LogP) is 3.84. The Kier molecular flexibility index (Phi) is 5.76. The number of hydrogen-bond acceptors (Lipinski definition) is 4. The van der Waals surface area contributed by atoms with E-state index in [1.165, 1.54) is 29.3 Å². The van der Waals surface area contributed by atoms with Gasteiger partial charge in [0, 0.05) is 10.6 Å². The molecule has 2 aromatic rings. The minimum Gasteiger partial charge on any atom is -0.452 e. The SMILES string of the molecule is CC(OC(=O)CSc1ccc2c(c1)CCC2)C(=O)Nc1ccccc1. The fraction of sp³-hybridized carbons (Fsp3) is 0.300. The van der Waals surface area contributed by atoms with E-state index in [1.807, 2.05) is 24.3 Å². The van der Waals surface area contributed by atoms with E-state index in [0.717, 1.165) is 17.7 Å². The van der Waals surface area contributed by atoms with Gasteiger partial charge in [-0.2, -0.15) is 0 Å². The quantitative estimate of drug-likeness (QED) is 0.632. The van der Waals surface area contributed by atoms with Crippen LogP contribution in [0, 0.1) is 0 Å². The molecule has 0 radical (unpaired) electrons. The van der Waals surface area contributed by atoms with Crippen molar-refractivity contribution in [2.75, 3.05) is 11.1 Å². The number of amides is 1. The molecule has 25 heavy (non-hydrogen) atoms. The van der Waals surface area contributed by atoms with Crippen molar-refractivity contribution < 1.29 is 14.3 Å². The number of nitrogens with one attached hydrogen (secondary N) is 1. The van der Waals surface area contributed by atoms with E-state index in [4.69, 9.17) is 4.74 Å². The number of benzene rings is 2. The molecule has 2 aromatic carbocycles. The van der Waals surface area contributed by atoms with Gasteiger partial charge in [-0.15, -0.1) is 11.8 Å². The number of aryl methyl sites for hydroxylation is 2. The van der Waals surface area contributed by atoms with Crippen molar-refractivity contribution in [3.8, 4) is 0 Å². The van der Waals surface area contributed by atoms with Gasteiger partial charge in [0.2, 0.25) is 0 Å². The molecular formula is C20H21NO3S. The molecule has 0 aromatic heterocycles. The lowest BCUT2D eigenvalue weighted by molar-refractivity contribution is -0.150. The third kappa shape index (κ3) is 4.86. The monoisotopic (exact) mass is 355 g/mol. The van der Waals surface area contributed by atoms with E-state index in [9.17, 15) is 9.59 Å². The largest absolute Gasteiger partial charge is 0.452 e. The molecule has 3 rings (SSSR count). The molecule has 1 N–H and O–H groups in total. The zero-order chi connectivity index (χ0) is 17.6. The fourth-order valence-electron chi connectivity index (χ4n) is 2.83. The number of hydrogen-bond donors (Lipinski definition) is 1. The van der Waals surface area contributed by atoms with Gasteiger partial charge < -0.3 is 10.1 Å². The molecule has 5 heteroatoms. The summed E-state index contributed by atoms with van der Waals surface area (Å²) in [5, 5.41) is 2.73. The lowest BCUT2D eigenvalue weighted by Crippen LogP contribution is -2.30. The van der Waals surface area contributed by atoms with E-state index >= 15 is 0 Å². The van der Waals surface area contributed by atoms with Crippen molar-refractivity contribution in [3.63, 3.8) is 0 Å². The number of ether oxygens (including phenoxy) is 1. The van der Waals surface area contributed by atoms with E-state index in [-0.39, 0.29) is 17.6 Å². The Morgan fingerprint density at radius 3 is 2.68 bits per heavy atom. The summed E-state index contributed by atoms with van der Waals surface area (Å²) in [5.41, 5.74) is 3.48. The molecule has 1 aliphatic rings. The highest BCUT2D eigenvalue weighted by molar-refractivity contribution is 8.00. The topological polar surface area (TPSA) is 55.4 Å². The number of carbonyl (C=O) groups excluding carboxylic acids is 2. The molecule has 0 heterocycles. The van der Waals surface area contributed by atoms with Crippen LogP contribution in [0.15, 0.2) is 53.4 Å².